The molecule has 9 heteroatoms. The first kappa shape index (κ1) is 24.2. The first-order valence-electron chi connectivity index (χ1n) is 12.1. The predicted octanol–water partition coefficient (Wildman–Crippen LogP) is 4.53. The van der Waals surface area contributed by atoms with Crippen LogP contribution in [0.5, 0.6) is 5.75 Å². The van der Waals surface area contributed by atoms with E-state index in [-0.39, 0.29) is 23.5 Å². The summed E-state index contributed by atoms with van der Waals surface area (Å²) in [4.78, 5) is 21.3. The fourth-order valence-electron chi connectivity index (χ4n) is 4.21. The summed E-state index contributed by atoms with van der Waals surface area (Å²) in [5.74, 6) is 1.85. The van der Waals surface area contributed by atoms with E-state index in [9.17, 15) is 10.1 Å². The van der Waals surface area contributed by atoms with E-state index in [4.69, 9.17) is 13.6 Å². The molecule has 5 rings (SSSR count). The number of nitrogens with zero attached hydrogens (tertiary/aromatic N) is 4. The molecule has 1 saturated heterocycles. The average Bonchev–Trinajstić information content (AvgIpc) is 3.63. The minimum Gasteiger partial charge on any atom is -0.489 e. The summed E-state index contributed by atoms with van der Waals surface area (Å²) >= 11 is 0. The molecule has 4 aromatic rings. The van der Waals surface area contributed by atoms with Gasteiger partial charge in [0.05, 0.1) is 12.3 Å². The summed E-state index contributed by atoms with van der Waals surface area (Å²) in [6.07, 6.45) is 1.53. The quantitative estimate of drug-likeness (QED) is 0.378. The van der Waals surface area contributed by atoms with Crippen LogP contribution in [0.2, 0.25) is 0 Å². The second-order valence-corrected chi connectivity index (χ2v) is 8.75. The molecule has 37 heavy (non-hydrogen) atoms. The summed E-state index contributed by atoms with van der Waals surface area (Å²) in [6.45, 7) is 4.88. The standard InChI is InChI=1S/C28H27N5O4/c1-20(26(34)30-22-9-11-23(12-10-22)36-19-21-6-3-2-4-7-21)32-13-15-33(16-14-32)28-24(18-29)31-27(37-28)25-8-5-17-35-25/h2-12,17,20H,13-16,19H2,1H3,(H,30,34)/t20-/m0/s1. The van der Waals surface area contributed by atoms with E-state index in [1.54, 1.807) is 12.1 Å². The van der Waals surface area contributed by atoms with Crippen molar-refractivity contribution >= 4 is 17.5 Å². The Bertz CT molecular complexity index is 1350. The lowest BCUT2D eigenvalue weighted by Gasteiger charge is -2.37. The number of carbonyl (C=O) groups is 1. The monoisotopic (exact) mass is 497 g/mol. The second kappa shape index (κ2) is 11.0. The lowest BCUT2D eigenvalue weighted by atomic mass is 10.2. The number of hydrogen-bond donors (Lipinski definition) is 1. The fourth-order valence-corrected chi connectivity index (χ4v) is 4.21. The molecule has 1 atom stereocenters. The number of nitriles is 1. The zero-order chi connectivity index (χ0) is 25.6. The molecule has 0 bridgehead atoms. The van der Waals surface area contributed by atoms with Gasteiger partial charge in [-0.3, -0.25) is 9.69 Å². The highest BCUT2D eigenvalue weighted by molar-refractivity contribution is 5.94. The molecule has 1 N–H and O–H groups in total. The van der Waals surface area contributed by atoms with Gasteiger partial charge in [0.1, 0.15) is 18.4 Å². The average molecular weight is 498 g/mol. The molecule has 3 heterocycles. The van der Waals surface area contributed by atoms with Gasteiger partial charge in [0.25, 0.3) is 5.89 Å². The van der Waals surface area contributed by atoms with Crippen molar-refractivity contribution in [2.75, 3.05) is 36.4 Å². The number of aromatic nitrogens is 1. The lowest BCUT2D eigenvalue weighted by molar-refractivity contribution is -0.120. The van der Waals surface area contributed by atoms with Gasteiger partial charge in [-0.05, 0) is 48.9 Å². The van der Waals surface area contributed by atoms with Gasteiger partial charge >= 0.3 is 0 Å². The summed E-state index contributed by atoms with van der Waals surface area (Å²) in [6, 6.07) is 22.6. The van der Waals surface area contributed by atoms with Crippen molar-refractivity contribution in [2.24, 2.45) is 0 Å². The van der Waals surface area contributed by atoms with Crippen LogP contribution in [0.25, 0.3) is 11.7 Å². The van der Waals surface area contributed by atoms with Crippen LogP contribution in [0.15, 0.2) is 81.8 Å². The highest BCUT2D eigenvalue weighted by Crippen LogP contribution is 2.29. The maximum absolute atomic E-state index is 12.9. The highest BCUT2D eigenvalue weighted by atomic mass is 16.5. The van der Waals surface area contributed by atoms with Crippen LogP contribution in [0.3, 0.4) is 0 Å². The van der Waals surface area contributed by atoms with Gasteiger partial charge in [-0.2, -0.15) is 10.2 Å². The van der Waals surface area contributed by atoms with Crippen molar-refractivity contribution in [3.05, 3.63) is 84.3 Å². The molecule has 0 aliphatic carbocycles. The Kier molecular flexibility index (Phi) is 7.19. The van der Waals surface area contributed by atoms with Crippen LogP contribution in [0.4, 0.5) is 11.6 Å². The molecule has 1 aliphatic rings. The first-order chi connectivity index (χ1) is 18.1. The summed E-state index contributed by atoms with van der Waals surface area (Å²) in [5, 5.41) is 12.5. The molecule has 0 saturated carbocycles. The van der Waals surface area contributed by atoms with Gasteiger partial charge in [0.15, 0.2) is 5.76 Å². The third-order valence-corrected chi connectivity index (χ3v) is 6.35. The van der Waals surface area contributed by atoms with Crippen LogP contribution in [0, 0.1) is 11.3 Å². The Morgan fingerprint density at radius 1 is 1.08 bits per heavy atom. The summed E-state index contributed by atoms with van der Waals surface area (Å²) in [5.41, 5.74) is 2.04. The van der Waals surface area contributed by atoms with Crippen LogP contribution in [-0.2, 0) is 11.4 Å². The zero-order valence-electron chi connectivity index (χ0n) is 20.5. The number of piperazine rings is 1. The smallest absolute Gasteiger partial charge is 0.266 e. The normalized spacial score (nSPS) is 14.6. The Morgan fingerprint density at radius 3 is 2.51 bits per heavy atom. The van der Waals surface area contributed by atoms with E-state index in [1.807, 2.05) is 66.4 Å². The number of rotatable bonds is 8. The highest BCUT2D eigenvalue weighted by Gasteiger charge is 2.29. The number of furan rings is 1. The van der Waals surface area contributed by atoms with Crippen molar-refractivity contribution in [2.45, 2.75) is 19.6 Å². The molecule has 0 radical (unpaired) electrons. The van der Waals surface area contributed by atoms with Gasteiger partial charge in [-0.25, -0.2) is 0 Å². The molecule has 1 aliphatic heterocycles. The summed E-state index contributed by atoms with van der Waals surface area (Å²) < 4.78 is 17.0. The minimum atomic E-state index is -0.319. The van der Waals surface area contributed by atoms with Gasteiger partial charge in [0, 0.05) is 31.9 Å². The number of ether oxygens (including phenoxy) is 1. The van der Waals surface area contributed by atoms with E-state index < -0.39 is 0 Å². The molecule has 2 aromatic carbocycles. The number of anilines is 2. The van der Waals surface area contributed by atoms with Crippen molar-refractivity contribution in [1.29, 1.82) is 5.26 Å². The molecule has 188 valence electrons. The zero-order valence-corrected chi connectivity index (χ0v) is 20.5. The first-order valence-corrected chi connectivity index (χ1v) is 12.1. The number of nitrogens with one attached hydrogen (secondary N) is 1. The van der Waals surface area contributed by atoms with Gasteiger partial charge in [-0.15, -0.1) is 0 Å². The van der Waals surface area contributed by atoms with Gasteiger partial charge in [-0.1, -0.05) is 30.3 Å². The van der Waals surface area contributed by atoms with Crippen molar-refractivity contribution in [3.63, 3.8) is 0 Å². The van der Waals surface area contributed by atoms with E-state index in [1.165, 1.54) is 6.26 Å². The Morgan fingerprint density at radius 2 is 1.84 bits per heavy atom. The molecule has 1 fully saturated rings. The van der Waals surface area contributed by atoms with Crippen LogP contribution < -0.4 is 15.0 Å². The summed E-state index contributed by atoms with van der Waals surface area (Å²) in [7, 11) is 0. The molecule has 1 amide bonds. The minimum absolute atomic E-state index is 0.0797. The second-order valence-electron chi connectivity index (χ2n) is 8.75. The lowest BCUT2D eigenvalue weighted by Crippen LogP contribution is -2.52. The molecular formula is C28H27N5O4. The maximum Gasteiger partial charge on any atom is 0.266 e. The number of amides is 1. The van der Waals surface area contributed by atoms with E-state index in [2.05, 4.69) is 21.3 Å². The van der Waals surface area contributed by atoms with E-state index >= 15 is 0 Å². The number of carbonyl (C=O) groups excluding carboxylic acids is 1. The van der Waals surface area contributed by atoms with Crippen molar-refractivity contribution in [3.8, 4) is 23.5 Å². The van der Waals surface area contributed by atoms with Crippen LogP contribution in [-0.4, -0.2) is 48.0 Å². The number of hydrogen-bond acceptors (Lipinski definition) is 8. The predicted molar refractivity (Wildman–Crippen MR) is 138 cm³/mol. The number of oxazole rings is 1. The Labute approximate surface area is 214 Å². The largest absolute Gasteiger partial charge is 0.489 e. The van der Waals surface area contributed by atoms with Gasteiger partial charge < -0.3 is 23.8 Å². The van der Waals surface area contributed by atoms with Crippen LogP contribution in [0.1, 0.15) is 18.2 Å². The third-order valence-electron chi connectivity index (χ3n) is 6.35. The van der Waals surface area contributed by atoms with Crippen LogP contribution >= 0.6 is 0 Å². The van der Waals surface area contributed by atoms with E-state index in [0.29, 0.717) is 50.1 Å². The molecule has 0 unspecified atom stereocenters. The maximum atomic E-state index is 12.9. The topological polar surface area (TPSA) is 108 Å². The Hall–Kier alpha value is -4.55. The molecule has 2 aromatic heterocycles. The van der Waals surface area contributed by atoms with E-state index in [0.717, 1.165) is 11.3 Å². The van der Waals surface area contributed by atoms with Gasteiger partial charge in [0.2, 0.25) is 17.5 Å². The number of benzene rings is 2. The van der Waals surface area contributed by atoms with Crippen molar-refractivity contribution in [1.82, 2.24) is 9.88 Å². The van der Waals surface area contributed by atoms with Crippen molar-refractivity contribution < 1.29 is 18.4 Å². The Balaban J connectivity index is 1.13. The SMILES string of the molecule is C[C@@H](C(=O)Nc1ccc(OCc2ccccc2)cc1)N1CCN(c2oc(-c3ccco3)nc2C#N)CC1. The third kappa shape index (κ3) is 5.66. The molecule has 9 nitrogen and oxygen atoms in total. The molecular weight excluding hydrogens is 470 g/mol. The molecule has 0 spiro atoms. The fraction of sp³-hybridized carbons (Fsp3) is 0.250.